The van der Waals surface area contributed by atoms with Crippen LogP contribution in [0.2, 0.25) is 5.02 Å². The molecule has 0 aliphatic carbocycles. The molecule has 9 heteroatoms. The second kappa shape index (κ2) is 9.23. The third-order valence-electron chi connectivity index (χ3n) is 5.83. The molecule has 0 saturated carbocycles. The molecule has 32 heavy (non-hydrogen) atoms. The Morgan fingerprint density at radius 2 is 2.03 bits per heavy atom. The van der Waals surface area contributed by atoms with E-state index in [-0.39, 0.29) is 34.0 Å². The molecule has 4 rings (SSSR count). The van der Waals surface area contributed by atoms with Gasteiger partial charge in [-0.05, 0) is 68.1 Å². The monoisotopic (exact) mass is 475 g/mol. The predicted molar refractivity (Wildman–Crippen MR) is 125 cm³/mol. The highest BCUT2D eigenvalue weighted by molar-refractivity contribution is 7.89. The number of H-pyrrole nitrogens is 1. The number of aromatic amines is 1. The number of nitrogens with one attached hydrogen (secondary N) is 3. The molecule has 1 saturated heterocycles. The number of carbonyl (C=O) groups excluding carboxylic acids is 1. The number of sulfonamides is 1. The summed E-state index contributed by atoms with van der Waals surface area (Å²) in [5, 5.41) is 4.03. The maximum atomic E-state index is 12.7. The van der Waals surface area contributed by atoms with Crippen molar-refractivity contribution in [3.63, 3.8) is 0 Å². The molecule has 1 aromatic heterocycles. The van der Waals surface area contributed by atoms with Crippen molar-refractivity contribution < 1.29 is 17.9 Å². The second-order valence-corrected chi connectivity index (χ2v) is 10.2. The van der Waals surface area contributed by atoms with Crippen molar-refractivity contribution in [1.29, 1.82) is 0 Å². The Morgan fingerprint density at radius 1 is 1.22 bits per heavy atom. The number of hydrogen-bond donors (Lipinski definition) is 3. The Bertz CT molecular complexity index is 1260. The summed E-state index contributed by atoms with van der Waals surface area (Å²) in [4.78, 5) is 15.9. The van der Waals surface area contributed by atoms with Crippen LogP contribution in [0.3, 0.4) is 0 Å². The van der Waals surface area contributed by atoms with Gasteiger partial charge >= 0.3 is 0 Å². The van der Waals surface area contributed by atoms with Gasteiger partial charge in [0.25, 0.3) is 5.91 Å². The summed E-state index contributed by atoms with van der Waals surface area (Å²) >= 11 is 6.14. The van der Waals surface area contributed by atoms with Crippen LogP contribution in [0, 0.1) is 13.8 Å². The van der Waals surface area contributed by atoms with E-state index >= 15 is 0 Å². The standard InChI is InChI=1S/C23H26ClN3O4S/c1-14-15(2)27-21-8-5-16(10-19(14)21)12-25-23(28)17-6-7-20(24)22(11-17)32(29,30)26-13-18-4-3-9-31-18/h5-8,10-11,18,26-27H,3-4,9,12-13H2,1-2H3,(H,25,28). The van der Waals surface area contributed by atoms with Crippen LogP contribution in [0.1, 0.15) is 40.0 Å². The molecule has 170 valence electrons. The summed E-state index contributed by atoms with van der Waals surface area (Å²) in [6.45, 7) is 5.21. The van der Waals surface area contributed by atoms with E-state index in [0.717, 1.165) is 35.0 Å². The number of hydrogen-bond acceptors (Lipinski definition) is 4. The van der Waals surface area contributed by atoms with Crippen molar-refractivity contribution in [1.82, 2.24) is 15.0 Å². The van der Waals surface area contributed by atoms with Gasteiger partial charge < -0.3 is 15.0 Å². The molecule has 0 spiro atoms. The Kier molecular flexibility index (Phi) is 6.57. The van der Waals surface area contributed by atoms with E-state index in [0.29, 0.717) is 13.2 Å². The van der Waals surface area contributed by atoms with E-state index in [4.69, 9.17) is 16.3 Å². The van der Waals surface area contributed by atoms with Gasteiger partial charge in [-0.2, -0.15) is 0 Å². The minimum atomic E-state index is -3.87. The molecule has 3 N–H and O–H groups in total. The number of benzene rings is 2. The molecule has 0 radical (unpaired) electrons. The number of fused-ring (bicyclic) bond motifs is 1. The van der Waals surface area contributed by atoms with Crippen LogP contribution < -0.4 is 10.0 Å². The topological polar surface area (TPSA) is 100 Å². The first kappa shape index (κ1) is 22.8. The maximum Gasteiger partial charge on any atom is 0.251 e. The Balaban J connectivity index is 1.46. The number of carbonyl (C=O) groups is 1. The fraction of sp³-hybridized carbons (Fsp3) is 0.348. The quantitative estimate of drug-likeness (QED) is 0.483. The number of amides is 1. The van der Waals surface area contributed by atoms with Crippen LogP contribution in [0.4, 0.5) is 0 Å². The van der Waals surface area contributed by atoms with Crippen LogP contribution in [-0.2, 0) is 21.3 Å². The van der Waals surface area contributed by atoms with Gasteiger partial charge in [0.1, 0.15) is 4.90 Å². The number of rotatable bonds is 7. The number of ether oxygens (including phenoxy) is 1. The average molecular weight is 476 g/mol. The van der Waals surface area contributed by atoms with Gasteiger partial charge in [-0.15, -0.1) is 0 Å². The second-order valence-electron chi connectivity index (χ2n) is 8.07. The minimum Gasteiger partial charge on any atom is -0.377 e. The molecule has 1 atom stereocenters. The first-order valence-corrected chi connectivity index (χ1v) is 12.4. The lowest BCUT2D eigenvalue weighted by Gasteiger charge is -2.13. The SMILES string of the molecule is Cc1[nH]c2ccc(CNC(=O)c3ccc(Cl)c(S(=O)(=O)NCC4CCCO4)c3)cc2c1C. The molecule has 1 aliphatic heterocycles. The maximum absolute atomic E-state index is 12.7. The largest absolute Gasteiger partial charge is 0.377 e. The molecule has 2 aromatic carbocycles. The molecule has 7 nitrogen and oxygen atoms in total. The van der Waals surface area contributed by atoms with Crippen LogP contribution >= 0.6 is 11.6 Å². The van der Waals surface area contributed by atoms with E-state index in [1.54, 1.807) is 0 Å². The molecule has 0 bridgehead atoms. The average Bonchev–Trinajstić information content (AvgIpc) is 3.39. The van der Waals surface area contributed by atoms with Gasteiger partial charge in [-0.25, -0.2) is 13.1 Å². The Labute approximate surface area is 192 Å². The zero-order valence-electron chi connectivity index (χ0n) is 18.0. The number of aromatic nitrogens is 1. The highest BCUT2D eigenvalue weighted by Gasteiger charge is 2.23. The van der Waals surface area contributed by atoms with E-state index in [2.05, 4.69) is 21.9 Å². The van der Waals surface area contributed by atoms with Gasteiger partial charge in [-0.3, -0.25) is 4.79 Å². The van der Waals surface area contributed by atoms with Crippen molar-refractivity contribution in [2.75, 3.05) is 13.2 Å². The first-order chi connectivity index (χ1) is 15.2. The lowest BCUT2D eigenvalue weighted by Crippen LogP contribution is -2.32. The van der Waals surface area contributed by atoms with Crippen molar-refractivity contribution in [2.24, 2.45) is 0 Å². The van der Waals surface area contributed by atoms with Crippen molar-refractivity contribution >= 4 is 38.4 Å². The highest BCUT2D eigenvalue weighted by Crippen LogP contribution is 2.24. The van der Waals surface area contributed by atoms with E-state index in [1.165, 1.54) is 23.8 Å². The minimum absolute atomic E-state index is 0.0603. The van der Waals surface area contributed by atoms with Gasteiger partial charge in [0.15, 0.2) is 0 Å². The highest BCUT2D eigenvalue weighted by atomic mass is 35.5. The molecule has 3 aromatic rings. The van der Waals surface area contributed by atoms with Crippen LogP contribution in [0.5, 0.6) is 0 Å². The van der Waals surface area contributed by atoms with Gasteiger partial charge in [0, 0.05) is 41.9 Å². The Morgan fingerprint density at radius 3 is 2.78 bits per heavy atom. The van der Waals surface area contributed by atoms with Crippen LogP contribution in [0.25, 0.3) is 10.9 Å². The van der Waals surface area contributed by atoms with E-state index < -0.39 is 10.0 Å². The predicted octanol–water partition coefficient (Wildman–Crippen LogP) is 3.83. The first-order valence-electron chi connectivity index (χ1n) is 10.5. The summed E-state index contributed by atoms with van der Waals surface area (Å²) in [6, 6.07) is 10.2. The van der Waals surface area contributed by atoms with E-state index in [9.17, 15) is 13.2 Å². The molecule has 1 aliphatic rings. The molecular weight excluding hydrogens is 450 g/mol. The lowest BCUT2D eigenvalue weighted by atomic mass is 10.1. The summed E-state index contributed by atoms with van der Waals surface area (Å²) in [6.07, 6.45) is 1.59. The molecule has 1 amide bonds. The van der Waals surface area contributed by atoms with Crippen molar-refractivity contribution in [2.45, 2.75) is 44.2 Å². The smallest absolute Gasteiger partial charge is 0.251 e. The summed E-state index contributed by atoms with van der Waals surface area (Å²) in [5.41, 5.74) is 4.52. The molecule has 1 fully saturated rings. The van der Waals surface area contributed by atoms with Crippen molar-refractivity contribution in [3.05, 3.63) is 63.8 Å². The summed E-state index contributed by atoms with van der Waals surface area (Å²) in [5.74, 6) is -0.376. The number of aryl methyl sites for hydroxylation is 2. The fourth-order valence-corrected chi connectivity index (χ4v) is 5.43. The van der Waals surface area contributed by atoms with Crippen LogP contribution in [0.15, 0.2) is 41.3 Å². The molecule has 1 unspecified atom stereocenters. The van der Waals surface area contributed by atoms with Gasteiger partial charge in [-0.1, -0.05) is 17.7 Å². The van der Waals surface area contributed by atoms with Gasteiger partial charge in [0.05, 0.1) is 11.1 Å². The van der Waals surface area contributed by atoms with E-state index in [1.807, 2.05) is 25.1 Å². The summed E-state index contributed by atoms with van der Waals surface area (Å²) in [7, 11) is -3.87. The molecule has 2 heterocycles. The summed E-state index contributed by atoms with van der Waals surface area (Å²) < 4.78 is 33.5. The lowest BCUT2D eigenvalue weighted by molar-refractivity contribution is 0.0950. The molecular formula is C23H26ClN3O4S. The normalized spacial score (nSPS) is 16.5. The zero-order chi connectivity index (χ0) is 22.9. The fourth-order valence-electron chi connectivity index (χ4n) is 3.84. The zero-order valence-corrected chi connectivity index (χ0v) is 19.6. The number of halogens is 1. The van der Waals surface area contributed by atoms with Gasteiger partial charge in [0.2, 0.25) is 10.0 Å². The van der Waals surface area contributed by atoms with Crippen LogP contribution in [-0.4, -0.2) is 38.6 Å². The third-order valence-corrected chi connectivity index (χ3v) is 7.74. The third kappa shape index (κ3) is 4.83. The Hall–Kier alpha value is -2.39. The van der Waals surface area contributed by atoms with Crippen molar-refractivity contribution in [3.8, 4) is 0 Å².